The molecule has 0 aromatic carbocycles. The smallest absolute Gasteiger partial charge is 0.312 e. The van der Waals surface area contributed by atoms with Gasteiger partial charge in [-0.25, -0.2) is 4.79 Å². The van der Waals surface area contributed by atoms with E-state index in [0.717, 1.165) is 25.2 Å². The van der Waals surface area contributed by atoms with E-state index in [0.29, 0.717) is 5.92 Å². The van der Waals surface area contributed by atoms with E-state index >= 15 is 0 Å². The van der Waals surface area contributed by atoms with E-state index in [9.17, 15) is 9.59 Å². The van der Waals surface area contributed by atoms with Gasteiger partial charge >= 0.3 is 6.03 Å². The molecular formula is C11H18N2O2. The summed E-state index contributed by atoms with van der Waals surface area (Å²) in [6, 6.07) is 0.0643. The third kappa shape index (κ3) is 1.98. The Hall–Kier alpha value is -1.06. The molecule has 0 aromatic rings. The lowest BCUT2D eigenvalue weighted by Gasteiger charge is -2.36. The minimum absolute atomic E-state index is 0.161. The first-order valence-electron chi connectivity index (χ1n) is 5.68. The van der Waals surface area contributed by atoms with Crippen LogP contribution < -0.4 is 5.32 Å². The summed E-state index contributed by atoms with van der Waals surface area (Å²) in [7, 11) is 0. The van der Waals surface area contributed by atoms with Crippen molar-refractivity contribution in [2.45, 2.75) is 39.2 Å². The number of amides is 3. The van der Waals surface area contributed by atoms with Gasteiger partial charge in [-0.1, -0.05) is 13.8 Å². The first-order chi connectivity index (χ1) is 7.08. The van der Waals surface area contributed by atoms with Crippen molar-refractivity contribution in [3.63, 3.8) is 0 Å². The zero-order valence-electron chi connectivity index (χ0n) is 9.32. The molecule has 3 unspecified atom stereocenters. The van der Waals surface area contributed by atoms with Crippen molar-refractivity contribution in [1.82, 2.24) is 10.2 Å². The van der Waals surface area contributed by atoms with Crippen molar-refractivity contribution in [1.29, 1.82) is 0 Å². The molecule has 4 nitrogen and oxygen atoms in total. The van der Waals surface area contributed by atoms with Crippen LogP contribution in [0, 0.1) is 11.8 Å². The summed E-state index contributed by atoms with van der Waals surface area (Å²) in [5.41, 5.74) is 0. The minimum atomic E-state index is -0.202. The zero-order valence-corrected chi connectivity index (χ0v) is 9.32. The molecule has 84 valence electrons. The molecule has 1 aliphatic carbocycles. The number of imide groups is 1. The van der Waals surface area contributed by atoms with Gasteiger partial charge in [-0.3, -0.25) is 10.1 Å². The Bertz CT molecular complexity index is 290. The molecule has 1 heterocycles. The SMILES string of the molecule is CC1CCC(N2CC(=O)NC2=O)CC1C. The average Bonchev–Trinajstić information content (AvgIpc) is 2.50. The number of nitrogens with one attached hydrogen (secondary N) is 1. The van der Waals surface area contributed by atoms with Crippen LogP contribution in [0.1, 0.15) is 33.1 Å². The van der Waals surface area contributed by atoms with Crippen LogP contribution in [0.3, 0.4) is 0 Å². The van der Waals surface area contributed by atoms with E-state index in [1.54, 1.807) is 4.90 Å². The highest BCUT2D eigenvalue weighted by atomic mass is 16.2. The first kappa shape index (κ1) is 10.5. The lowest BCUT2D eigenvalue weighted by molar-refractivity contribution is -0.118. The number of hydrogen-bond donors (Lipinski definition) is 1. The Morgan fingerprint density at radius 3 is 2.47 bits per heavy atom. The van der Waals surface area contributed by atoms with E-state index in [1.807, 2.05) is 0 Å². The maximum absolute atomic E-state index is 11.5. The molecule has 2 rings (SSSR count). The molecule has 0 aromatic heterocycles. The molecular weight excluding hydrogens is 192 g/mol. The van der Waals surface area contributed by atoms with Gasteiger partial charge in [0.25, 0.3) is 0 Å². The molecule has 1 N–H and O–H groups in total. The van der Waals surface area contributed by atoms with Gasteiger partial charge in [-0.15, -0.1) is 0 Å². The number of hydrogen-bond acceptors (Lipinski definition) is 2. The minimum Gasteiger partial charge on any atom is -0.312 e. The molecule has 3 amide bonds. The van der Waals surface area contributed by atoms with E-state index in [1.165, 1.54) is 0 Å². The Balaban J connectivity index is 2.00. The standard InChI is InChI=1S/C11H18N2O2/c1-7-3-4-9(5-8(7)2)13-6-10(14)12-11(13)15/h7-9H,3-6H2,1-2H3,(H,12,14,15). The summed E-state index contributed by atoms with van der Waals surface area (Å²) < 4.78 is 0. The average molecular weight is 210 g/mol. The highest BCUT2D eigenvalue weighted by Crippen LogP contribution is 2.32. The number of nitrogens with zero attached hydrogens (tertiary/aromatic N) is 1. The van der Waals surface area contributed by atoms with Crippen molar-refractivity contribution in [3.8, 4) is 0 Å². The summed E-state index contributed by atoms with van der Waals surface area (Å²) in [5, 5.41) is 2.34. The summed E-state index contributed by atoms with van der Waals surface area (Å²) >= 11 is 0. The van der Waals surface area contributed by atoms with E-state index < -0.39 is 0 Å². The number of carbonyl (C=O) groups excluding carboxylic acids is 2. The fourth-order valence-electron chi connectivity index (χ4n) is 2.55. The molecule has 15 heavy (non-hydrogen) atoms. The van der Waals surface area contributed by atoms with Gasteiger partial charge in [0, 0.05) is 6.04 Å². The van der Waals surface area contributed by atoms with Crippen LogP contribution in [-0.4, -0.2) is 29.4 Å². The second-order valence-corrected chi connectivity index (χ2v) is 4.90. The summed E-state index contributed by atoms with van der Waals surface area (Å²) in [6.45, 7) is 4.74. The molecule has 0 spiro atoms. The van der Waals surface area contributed by atoms with Crippen LogP contribution in [0.4, 0.5) is 4.79 Å². The zero-order chi connectivity index (χ0) is 11.0. The summed E-state index contributed by atoms with van der Waals surface area (Å²) in [4.78, 5) is 24.2. The first-order valence-corrected chi connectivity index (χ1v) is 5.68. The molecule has 3 atom stereocenters. The third-order valence-corrected chi connectivity index (χ3v) is 3.83. The lowest BCUT2D eigenvalue weighted by atomic mass is 9.78. The number of urea groups is 1. The topological polar surface area (TPSA) is 49.4 Å². The second-order valence-electron chi connectivity index (χ2n) is 4.90. The second kappa shape index (κ2) is 3.83. The monoisotopic (exact) mass is 210 g/mol. The normalized spacial score (nSPS) is 36.9. The van der Waals surface area contributed by atoms with Gasteiger partial charge in [-0.2, -0.15) is 0 Å². The fraction of sp³-hybridized carbons (Fsp3) is 0.818. The molecule has 0 radical (unpaired) electrons. The highest BCUT2D eigenvalue weighted by Gasteiger charge is 2.36. The lowest BCUT2D eigenvalue weighted by Crippen LogP contribution is -2.42. The predicted octanol–water partition coefficient (Wildman–Crippen LogP) is 1.36. The molecule has 1 saturated heterocycles. The Morgan fingerprint density at radius 1 is 1.20 bits per heavy atom. The van der Waals surface area contributed by atoms with Crippen LogP contribution in [0.2, 0.25) is 0 Å². The van der Waals surface area contributed by atoms with Crippen molar-refractivity contribution < 1.29 is 9.59 Å². The largest absolute Gasteiger partial charge is 0.324 e. The van der Waals surface area contributed by atoms with Gasteiger partial charge in [0.15, 0.2) is 0 Å². The maximum atomic E-state index is 11.5. The third-order valence-electron chi connectivity index (χ3n) is 3.83. The molecule has 1 saturated carbocycles. The molecule has 2 fully saturated rings. The number of carbonyl (C=O) groups is 2. The van der Waals surface area contributed by atoms with Crippen LogP contribution in [-0.2, 0) is 4.79 Å². The number of rotatable bonds is 1. The van der Waals surface area contributed by atoms with E-state index in [-0.39, 0.29) is 24.5 Å². The van der Waals surface area contributed by atoms with Crippen LogP contribution >= 0.6 is 0 Å². The molecule has 1 aliphatic heterocycles. The van der Waals surface area contributed by atoms with Gasteiger partial charge in [0.2, 0.25) is 5.91 Å². The quantitative estimate of drug-likeness (QED) is 0.664. The summed E-state index contributed by atoms with van der Waals surface area (Å²) in [6.07, 6.45) is 3.22. The Morgan fingerprint density at radius 2 is 1.93 bits per heavy atom. The van der Waals surface area contributed by atoms with Crippen molar-refractivity contribution >= 4 is 11.9 Å². The highest BCUT2D eigenvalue weighted by molar-refractivity contribution is 6.02. The fourth-order valence-corrected chi connectivity index (χ4v) is 2.55. The predicted molar refractivity (Wildman–Crippen MR) is 56.2 cm³/mol. The van der Waals surface area contributed by atoms with Gasteiger partial charge in [-0.05, 0) is 31.1 Å². The van der Waals surface area contributed by atoms with Gasteiger partial charge < -0.3 is 4.90 Å². The Labute approximate surface area is 90.0 Å². The van der Waals surface area contributed by atoms with E-state index in [4.69, 9.17) is 0 Å². The summed E-state index contributed by atoms with van der Waals surface area (Å²) in [5.74, 6) is 1.22. The van der Waals surface area contributed by atoms with Crippen LogP contribution in [0.5, 0.6) is 0 Å². The van der Waals surface area contributed by atoms with Crippen LogP contribution in [0.25, 0.3) is 0 Å². The van der Waals surface area contributed by atoms with Crippen molar-refractivity contribution in [3.05, 3.63) is 0 Å². The van der Waals surface area contributed by atoms with Crippen LogP contribution in [0.15, 0.2) is 0 Å². The van der Waals surface area contributed by atoms with Crippen molar-refractivity contribution in [2.75, 3.05) is 6.54 Å². The van der Waals surface area contributed by atoms with Gasteiger partial charge in [0.1, 0.15) is 6.54 Å². The molecule has 4 heteroatoms. The van der Waals surface area contributed by atoms with Gasteiger partial charge in [0.05, 0.1) is 0 Å². The van der Waals surface area contributed by atoms with Crippen molar-refractivity contribution in [2.24, 2.45) is 11.8 Å². The van der Waals surface area contributed by atoms with E-state index in [2.05, 4.69) is 19.2 Å². The maximum Gasteiger partial charge on any atom is 0.324 e. The molecule has 0 bridgehead atoms. The Kier molecular flexibility index (Phi) is 2.67. The molecule has 2 aliphatic rings.